The molecule has 0 aliphatic carbocycles. The fourth-order valence-corrected chi connectivity index (χ4v) is 1.99. The molecule has 0 spiro atoms. The molecule has 0 fully saturated rings. The van der Waals surface area contributed by atoms with E-state index in [0.717, 1.165) is 30.2 Å². The Morgan fingerprint density at radius 2 is 1.88 bits per heavy atom. The van der Waals surface area contributed by atoms with Crippen molar-refractivity contribution in [1.29, 1.82) is 0 Å². The molecule has 0 bridgehead atoms. The number of hydrogen-bond donors (Lipinski definition) is 1. The van der Waals surface area contributed by atoms with E-state index in [1.54, 1.807) is 0 Å². The molecule has 92 valence electrons. The molecule has 2 heterocycles. The molecule has 0 aliphatic rings. The summed E-state index contributed by atoms with van der Waals surface area (Å²) < 4.78 is 3.93. The molecule has 0 aliphatic heterocycles. The predicted octanol–water partition coefficient (Wildman–Crippen LogP) is 1.66. The molecule has 0 radical (unpaired) electrons. The first-order chi connectivity index (χ1) is 8.04. The lowest BCUT2D eigenvalue weighted by molar-refractivity contribution is 0.628. The summed E-state index contributed by atoms with van der Waals surface area (Å²) >= 11 is 0. The highest BCUT2D eigenvalue weighted by atomic mass is 15.3. The van der Waals surface area contributed by atoms with E-state index in [9.17, 15) is 0 Å². The van der Waals surface area contributed by atoms with Crippen molar-refractivity contribution in [2.45, 2.75) is 40.8 Å². The van der Waals surface area contributed by atoms with Crippen LogP contribution in [0.3, 0.4) is 0 Å². The largest absolute Gasteiger partial charge is 0.396 e. The summed E-state index contributed by atoms with van der Waals surface area (Å²) in [5, 5.41) is 8.77. The van der Waals surface area contributed by atoms with Gasteiger partial charge in [-0.25, -0.2) is 0 Å². The summed E-state index contributed by atoms with van der Waals surface area (Å²) in [7, 11) is 0. The molecule has 5 heteroatoms. The molecule has 17 heavy (non-hydrogen) atoms. The molecule has 2 aromatic heterocycles. The third-order valence-electron chi connectivity index (χ3n) is 3.26. The van der Waals surface area contributed by atoms with Crippen LogP contribution in [-0.4, -0.2) is 19.6 Å². The highest BCUT2D eigenvalue weighted by Gasteiger charge is 2.11. The number of aromatic nitrogens is 4. The van der Waals surface area contributed by atoms with Crippen molar-refractivity contribution < 1.29 is 0 Å². The first-order valence-corrected chi connectivity index (χ1v) is 5.85. The van der Waals surface area contributed by atoms with E-state index in [1.807, 2.05) is 29.4 Å². The minimum atomic E-state index is 0.732. The molecule has 0 saturated heterocycles. The summed E-state index contributed by atoms with van der Waals surface area (Å²) in [5.41, 5.74) is 11.0. The number of nitrogens with zero attached hydrogens (tertiary/aromatic N) is 4. The summed E-state index contributed by atoms with van der Waals surface area (Å²) in [6.45, 7) is 9.73. The number of aryl methyl sites for hydroxylation is 2. The second-order valence-electron chi connectivity index (χ2n) is 4.31. The molecule has 0 saturated carbocycles. The van der Waals surface area contributed by atoms with Gasteiger partial charge in [-0.2, -0.15) is 10.2 Å². The Kier molecular flexibility index (Phi) is 2.92. The van der Waals surface area contributed by atoms with Crippen LogP contribution in [0, 0.1) is 20.8 Å². The number of anilines is 1. The molecule has 2 rings (SSSR count). The first-order valence-electron chi connectivity index (χ1n) is 5.85. The van der Waals surface area contributed by atoms with E-state index in [1.165, 1.54) is 11.3 Å². The summed E-state index contributed by atoms with van der Waals surface area (Å²) in [4.78, 5) is 0. The van der Waals surface area contributed by atoms with Gasteiger partial charge in [-0.05, 0) is 27.7 Å². The summed E-state index contributed by atoms with van der Waals surface area (Å²) in [6.07, 6.45) is 1.91. The molecule has 2 aromatic rings. The van der Waals surface area contributed by atoms with E-state index >= 15 is 0 Å². The van der Waals surface area contributed by atoms with Gasteiger partial charge in [0, 0.05) is 17.8 Å². The van der Waals surface area contributed by atoms with Crippen molar-refractivity contribution in [3.63, 3.8) is 0 Å². The average Bonchev–Trinajstić information content (AvgIpc) is 2.77. The van der Waals surface area contributed by atoms with Gasteiger partial charge in [-0.15, -0.1) is 0 Å². The third kappa shape index (κ3) is 1.92. The lowest BCUT2D eigenvalue weighted by Gasteiger charge is -2.05. The fourth-order valence-electron chi connectivity index (χ4n) is 1.99. The van der Waals surface area contributed by atoms with Crippen LogP contribution in [0.5, 0.6) is 0 Å². The van der Waals surface area contributed by atoms with Gasteiger partial charge < -0.3 is 5.73 Å². The van der Waals surface area contributed by atoms with Crippen LogP contribution in [-0.2, 0) is 13.1 Å². The zero-order chi connectivity index (χ0) is 12.6. The quantitative estimate of drug-likeness (QED) is 0.877. The van der Waals surface area contributed by atoms with Gasteiger partial charge in [0.05, 0.1) is 29.8 Å². The topological polar surface area (TPSA) is 61.7 Å². The van der Waals surface area contributed by atoms with Crippen molar-refractivity contribution >= 4 is 5.69 Å². The van der Waals surface area contributed by atoms with E-state index in [2.05, 4.69) is 24.0 Å². The summed E-state index contributed by atoms with van der Waals surface area (Å²) in [5.74, 6) is 0. The van der Waals surface area contributed by atoms with Crippen LogP contribution in [0.2, 0.25) is 0 Å². The lowest BCUT2D eigenvalue weighted by atomic mass is 10.2. The Labute approximate surface area is 101 Å². The average molecular weight is 233 g/mol. The highest BCUT2D eigenvalue weighted by Crippen LogP contribution is 2.17. The molecular weight excluding hydrogens is 214 g/mol. The minimum Gasteiger partial charge on any atom is -0.396 e. The second-order valence-corrected chi connectivity index (χ2v) is 4.31. The second kappa shape index (κ2) is 4.24. The van der Waals surface area contributed by atoms with E-state index in [0.29, 0.717) is 0 Å². The molecule has 5 nitrogen and oxygen atoms in total. The summed E-state index contributed by atoms with van der Waals surface area (Å²) in [6, 6.07) is 0. The zero-order valence-corrected chi connectivity index (χ0v) is 10.9. The lowest BCUT2D eigenvalue weighted by Crippen LogP contribution is -2.06. The Balaban J connectivity index is 2.31. The predicted molar refractivity (Wildman–Crippen MR) is 67.9 cm³/mol. The van der Waals surface area contributed by atoms with Crippen LogP contribution < -0.4 is 5.73 Å². The maximum Gasteiger partial charge on any atom is 0.0826 e. The van der Waals surface area contributed by atoms with Gasteiger partial charge in [-0.3, -0.25) is 9.36 Å². The van der Waals surface area contributed by atoms with Gasteiger partial charge in [0.2, 0.25) is 0 Å². The van der Waals surface area contributed by atoms with Crippen molar-refractivity contribution in [2.24, 2.45) is 0 Å². The first kappa shape index (κ1) is 11.7. The Hall–Kier alpha value is -1.78. The fraction of sp³-hybridized carbons (Fsp3) is 0.500. The smallest absolute Gasteiger partial charge is 0.0826 e. The van der Waals surface area contributed by atoms with Crippen molar-refractivity contribution in [2.75, 3.05) is 5.73 Å². The van der Waals surface area contributed by atoms with Crippen LogP contribution in [0.25, 0.3) is 0 Å². The monoisotopic (exact) mass is 233 g/mol. The zero-order valence-electron chi connectivity index (χ0n) is 10.9. The third-order valence-corrected chi connectivity index (χ3v) is 3.26. The van der Waals surface area contributed by atoms with E-state index in [4.69, 9.17) is 5.73 Å². The highest BCUT2D eigenvalue weighted by molar-refractivity contribution is 5.47. The maximum absolute atomic E-state index is 5.92. The van der Waals surface area contributed by atoms with Crippen LogP contribution >= 0.6 is 0 Å². The maximum atomic E-state index is 5.92. The molecule has 0 unspecified atom stereocenters. The van der Waals surface area contributed by atoms with Crippen LogP contribution in [0.1, 0.15) is 29.6 Å². The number of rotatable bonds is 3. The molecular formula is C12H19N5. The van der Waals surface area contributed by atoms with Gasteiger partial charge in [0.25, 0.3) is 0 Å². The molecule has 0 aromatic carbocycles. The van der Waals surface area contributed by atoms with Crippen molar-refractivity contribution in [3.8, 4) is 0 Å². The SMILES string of the molecule is CCn1ncc(Cn2nc(C)c(N)c2C)c1C. The van der Waals surface area contributed by atoms with E-state index < -0.39 is 0 Å². The van der Waals surface area contributed by atoms with Crippen molar-refractivity contribution in [1.82, 2.24) is 19.6 Å². The number of nitrogen functional groups attached to an aromatic ring is 1. The van der Waals surface area contributed by atoms with Crippen LogP contribution in [0.4, 0.5) is 5.69 Å². The van der Waals surface area contributed by atoms with Gasteiger partial charge in [0.1, 0.15) is 0 Å². The Morgan fingerprint density at radius 1 is 1.18 bits per heavy atom. The number of hydrogen-bond acceptors (Lipinski definition) is 3. The Bertz CT molecular complexity index is 535. The van der Waals surface area contributed by atoms with Crippen molar-refractivity contribution in [3.05, 3.63) is 28.8 Å². The molecule has 2 N–H and O–H groups in total. The van der Waals surface area contributed by atoms with E-state index in [-0.39, 0.29) is 0 Å². The van der Waals surface area contributed by atoms with Gasteiger partial charge >= 0.3 is 0 Å². The Morgan fingerprint density at radius 3 is 2.35 bits per heavy atom. The van der Waals surface area contributed by atoms with Crippen LogP contribution in [0.15, 0.2) is 6.20 Å². The minimum absolute atomic E-state index is 0.732. The molecule has 0 amide bonds. The van der Waals surface area contributed by atoms with Gasteiger partial charge in [-0.1, -0.05) is 0 Å². The molecule has 0 atom stereocenters. The standard InChI is InChI=1S/C12H19N5/c1-5-16-9(3)11(6-14-16)7-17-10(4)12(13)8(2)15-17/h6H,5,7,13H2,1-4H3. The normalized spacial score (nSPS) is 11.1. The van der Waals surface area contributed by atoms with Gasteiger partial charge in [0.15, 0.2) is 0 Å². The number of nitrogens with two attached hydrogens (primary N) is 1.